The zero-order valence-electron chi connectivity index (χ0n) is 39.9. The number of pyridine rings is 1. The summed E-state index contributed by atoms with van der Waals surface area (Å²) in [6, 6.07) is 10.2. The number of carbonyl (C=O) groups excluding carboxylic acids is 4. The van der Waals surface area contributed by atoms with Gasteiger partial charge in [-0.3, -0.25) is 33.4 Å². The van der Waals surface area contributed by atoms with E-state index in [0.29, 0.717) is 128 Å². The summed E-state index contributed by atoms with van der Waals surface area (Å²) in [4.78, 5) is 72.8. The van der Waals surface area contributed by atoms with Crippen molar-refractivity contribution in [2.24, 2.45) is 5.92 Å². The Morgan fingerprint density at radius 3 is 2.43 bits per heavy atom. The number of fused-ring (bicyclic) bond motifs is 5. The average Bonchev–Trinajstić information content (AvgIpc) is 4.17. The number of thioether (sulfide) groups is 1. The van der Waals surface area contributed by atoms with Crippen molar-refractivity contribution < 1.29 is 33.4 Å². The third-order valence-corrected chi connectivity index (χ3v) is 14.5. The van der Waals surface area contributed by atoms with E-state index in [9.17, 15) is 24.0 Å². The maximum absolute atomic E-state index is 14.0. The number of anilines is 1. The fraction of sp³-hybridized carbons (Fsp3) is 0.500. The number of hydrogen-bond acceptors (Lipinski definition) is 14. The van der Waals surface area contributed by atoms with Crippen molar-refractivity contribution in [3.05, 3.63) is 87.5 Å². The Balaban J connectivity index is 0.738. The van der Waals surface area contributed by atoms with Gasteiger partial charge in [-0.15, -0.1) is 5.10 Å². The molecule has 0 aliphatic carbocycles. The number of carbonyl (C=O) groups is 4. The molecular weight excluding hydrogens is 990 g/mol. The predicted molar refractivity (Wildman–Crippen MR) is 271 cm³/mol. The van der Waals surface area contributed by atoms with Crippen LogP contribution >= 0.6 is 35.0 Å². The number of amides is 5. The fourth-order valence-corrected chi connectivity index (χ4v) is 10.7. The van der Waals surface area contributed by atoms with Crippen molar-refractivity contribution in [2.45, 2.75) is 88.2 Å². The van der Waals surface area contributed by atoms with E-state index in [1.165, 1.54) is 17.1 Å². The Labute approximate surface area is 430 Å². The third kappa shape index (κ3) is 14.2. The minimum absolute atomic E-state index is 0.0384. The first-order valence-electron chi connectivity index (χ1n) is 24.3. The molecule has 0 saturated carbocycles. The average molecular weight is 1050 g/mol. The predicted octanol–water partition coefficient (Wildman–Crippen LogP) is 4.80. The van der Waals surface area contributed by atoms with Crippen molar-refractivity contribution in [3.63, 3.8) is 0 Å². The summed E-state index contributed by atoms with van der Waals surface area (Å²) in [5.74, 6) is 0.275. The number of benzene rings is 1. The Morgan fingerprint density at radius 1 is 0.875 bits per heavy atom. The molecule has 0 spiro atoms. The molecule has 3 aliphatic rings. The van der Waals surface area contributed by atoms with Gasteiger partial charge in [0.05, 0.1) is 99.6 Å². The van der Waals surface area contributed by atoms with Gasteiger partial charge in [0, 0.05) is 77.5 Å². The van der Waals surface area contributed by atoms with Gasteiger partial charge in [0.1, 0.15) is 5.69 Å². The fourth-order valence-electron chi connectivity index (χ4n) is 8.84. The number of nitrogens with zero attached hydrogens (tertiary/aromatic N) is 8. The summed E-state index contributed by atoms with van der Waals surface area (Å²) < 4.78 is 21.8. The van der Waals surface area contributed by atoms with Crippen LogP contribution in [0.1, 0.15) is 70.0 Å². The van der Waals surface area contributed by atoms with Gasteiger partial charge in [-0.2, -0.15) is 16.9 Å². The summed E-state index contributed by atoms with van der Waals surface area (Å²) in [5, 5.41) is 28.5. The largest absolute Gasteiger partial charge is 0.379 e. The summed E-state index contributed by atoms with van der Waals surface area (Å²) in [6.45, 7) is 4.92. The second kappa shape index (κ2) is 25.7. The first-order chi connectivity index (χ1) is 35.0. The number of urea groups is 1. The molecule has 72 heavy (non-hydrogen) atoms. The molecule has 384 valence electrons. The number of nitrogens with one attached hydrogen (secondary N) is 5. The van der Waals surface area contributed by atoms with E-state index in [0.717, 1.165) is 25.0 Å². The van der Waals surface area contributed by atoms with Crippen LogP contribution in [0.3, 0.4) is 0 Å². The molecule has 3 aliphatic heterocycles. The molecule has 2 bridgehead atoms. The molecule has 2 saturated heterocycles. The lowest BCUT2D eigenvalue weighted by Crippen LogP contribution is -2.36. The quantitative estimate of drug-likeness (QED) is 0.0436. The van der Waals surface area contributed by atoms with E-state index in [1.807, 2.05) is 30.8 Å². The SMILES string of the molecule is CC1CCC[C@H](n2cnc(-c3cc(Cl)ccc3-n3cc(Cl)nn3)cc2=O)c2cc(ccn2)-c2nn(CCOCCOCCOCCC(=O)NCCNC(=O)CCCC[C@@H]3SCC4NC(=O)NC43)cc2NC1=O. The minimum atomic E-state index is -0.486. The van der Waals surface area contributed by atoms with Crippen molar-refractivity contribution in [3.8, 4) is 28.2 Å². The number of aromatic nitrogens is 8. The molecule has 2 fully saturated rings. The standard InChI is InChI=1S/C48H59Cl2N13O8S/c1-30-5-4-6-39(62-29-54-34(25-44(62)66)33-24-32(49)9-10-38(33)63-27-41(50)58-60-63)35-23-31(11-13-51-35)45-36(55-47(30)67)26-61(59-45)16-18-70-20-22-71-21-19-69-17-12-43(65)53-15-14-52-42(64)8-3-2-7-40-46-37(28-72-40)56-48(68)57-46/h9-11,13,23-27,29-30,37,39-40,46H,2-8,12,14-22,28H2,1H3,(H,52,64)(H,53,65)(H,55,67)(H2,56,57,68)/t30?,37?,39-,40-,46?/m0/s1. The minimum Gasteiger partial charge on any atom is -0.379 e. The topological polar surface area (TPSA) is 252 Å². The second-order valence-corrected chi connectivity index (χ2v) is 19.9. The highest BCUT2D eigenvalue weighted by Crippen LogP contribution is 2.35. The summed E-state index contributed by atoms with van der Waals surface area (Å²) in [6.07, 6.45) is 11.6. The molecule has 4 aromatic heterocycles. The van der Waals surface area contributed by atoms with E-state index in [2.05, 4.69) is 36.9 Å². The van der Waals surface area contributed by atoms with Crippen LogP contribution in [-0.4, -0.2) is 139 Å². The number of rotatable bonds is 23. The summed E-state index contributed by atoms with van der Waals surface area (Å²) in [5.41, 5.74) is 3.73. The molecule has 3 unspecified atom stereocenters. The van der Waals surface area contributed by atoms with E-state index >= 15 is 0 Å². The molecule has 24 heteroatoms. The molecule has 5 N–H and O–H groups in total. The second-order valence-electron chi connectivity index (χ2n) is 17.8. The summed E-state index contributed by atoms with van der Waals surface area (Å²) in [7, 11) is 0. The van der Waals surface area contributed by atoms with Crippen LogP contribution in [-0.2, 0) is 35.1 Å². The van der Waals surface area contributed by atoms with Gasteiger partial charge in [0.25, 0.3) is 5.56 Å². The Hall–Kier alpha value is -5.91. The van der Waals surface area contributed by atoms with Gasteiger partial charge in [-0.25, -0.2) is 14.5 Å². The van der Waals surface area contributed by atoms with Gasteiger partial charge >= 0.3 is 6.03 Å². The third-order valence-electron chi connectivity index (χ3n) is 12.6. The normalized spacial score (nSPS) is 19.6. The van der Waals surface area contributed by atoms with Gasteiger partial charge in [0.15, 0.2) is 5.15 Å². The van der Waals surface area contributed by atoms with Crippen LogP contribution in [0, 0.1) is 5.92 Å². The van der Waals surface area contributed by atoms with Crippen molar-refractivity contribution >= 4 is 64.4 Å². The summed E-state index contributed by atoms with van der Waals surface area (Å²) >= 11 is 14.3. The van der Waals surface area contributed by atoms with E-state index in [-0.39, 0.29) is 65.5 Å². The highest BCUT2D eigenvalue weighted by Gasteiger charge is 2.42. The van der Waals surface area contributed by atoms with Crippen LogP contribution < -0.4 is 32.1 Å². The van der Waals surface area contributed by atoms with Crippen LogP contribution in [0.25, 0.3) is 28.2 Å². The van der Waals surface area contributed by atoms with Crippen LogP contribution in [0.15, 0.2) is 66.1 Å². The Morgan fingerprint density at radius 2 is 1.65 bits per heavy atom. The number of unbranched alkanes of at least 4 members (excludes halogenated alkanes) is 1. The molecule has 7 heterocycles. The first kappa shape index (κ1) is 52.4. The van der Waals surface area contributed by atoms with Gasteiger partial charge in [-0.1, -0.05) is 48.2 Å². The smallest absolute Gasteiger partial charge is 0.315 e. The van der Waals surface area contributed by atoms with E-state index < -0.39 is 6.04 Å². The number of ether oxygens (including phenoxy) is 3. The molecule has 8 rings (SSSR count). The first-order valence-corrected chi connectivity index (χ1v) is 26.1. The van der Waals surface area contributed by atoms with E-state index in [1.54, 1.807) is 46.0 Å². The van der Waals surface area contributed by atoms with Crippen molar-refractivity contribution in [1.29, 1.82) is 0 Å². The monoisotopic (exact) mass is 1050 g/mol. The molecule has 5 atom stereocenters. The molecular formula is C48H59Cl2N13O8S. The highest BCUT2D eigenvalue weighted by atomic mass is 35.5. The maximum atomic E-state index is 14.0. The van der Waals surface area contributed by atoms with Crippen LogP contribution in [0.2, 0.25) is 10.2 Å². The number of hydrogen-bond donors (Lipinski definition) is 5. The molecule has 5 amide bonds. The maximum Gasteiger partial charge on any atom is 0.315 e. The molecule has 5 aromatic rings. The lowest BCUT2D eigenvalue weighted by molar-refractivity contribution is -0.123. The Kier molecular flexibility index (Phi) is 18.7. The molecule has 21 nitrogen and oxygen atoms in total. The van der Waals surface area contributed by atoms with Gasteiger partial charge in [0.2, 0.25) is 17.7 Å². The Bertz CT molecular complexity index is 2740. The zero-order valence-corrected chi connectivity index (χ0v) is 42.2. The van der Waals surface area contributed by atoms with Crippen LogP contribution in [0.4, 0.5) is 10.5 Å². The van der Waals surface area contributed by atoms with Crippen molar-refractivity contribution in [1.82, 2.24) is 60.6 Å². The van der Waals surface area contributed by atoms with Crippen LogP contribution in [0.5, 0.6) is 0 Å². The lowest BCUT2D eigenvalue weighted by Gasteiger charge is -2.22. The number of halogens is 2. The lowest BCUT2D eigenvalue weighted by atomic mass is 9.97. The molecule has 0 radical (unpaired) electrons. The van der Waals surface area contributed by atoms with Gasteiger partial charge in [-0.05, 0) is 56.0 Å². The zero-order chi connectivity index (χ0) is 50.4. The van der Waals surface area contributed by atoms with E-state index in [4.69, 9.17) is 52.5 Å². The van der Waals surface area contributed by atoms with Gasteiger partial charge < -0.3 is 40.8 Å². The highest BCUT2D eigenvalue weighted by molar-refractivity contribution is 8.00. The van der Waals surface area contributed by atoms with Crippen molar-refractivity contribution in [2.75, 3.05) is 63.8 Å². The molecule has 1 aromatic carbocycles.